The summed E-state index contributed by atoms with van der Waals surface area (Å²) in [5.74, 6) is -0.159. The Labute approximate surface area is 145 Å². The third-order valence-electron chi connectivity index (χ3n) is 3.92. The first-order valence-corrected chi connectivity index (χ1v) is 7.77. The van der Waals surface area contributed by atoms with Crippen molar-refractivity contribution in [2.75, 3.05) is 0 Å². The fourth-order valence-electron chi connectivity index (χ4n) is 2.66. The van der Waals surface area contributed by atoms with E-state index in [2.05, 4.69) is 25.3 Å². The van der Waals surface area contributed by atoms with Crippen LogP contribution in [0.3, 0.4) is 0 Å². The van der Waals surface area contributed by atoms with Gasteiger partial charge in [0.05, 0.1) is 22.4 Å². The van der Waals surface area contributed by atoms with Gasteiger partial charge in [-0.25, -0.2) is 9.48 Å². The number of nitrogens with zero attached hydrogens (tertiary/aromatic N) is 3. The molecule has 0 amide bonds. The molecule has 4 rings (SSSR count). The number of nitrogens with one attached hydrogen (secondary N) is 3. The normalized spacial score (nSPS) is 11.6. The van der Waals surface area contributed by atoms with Crippen molar-refractivity contribution in [1.82, 2.24) is 19.7 Å². The van der Waals surface area contributed by atoms with Crippen LogP contribution in [0.25, 0.3) is 16.7 Å². The maximum absolute atomic E-state index is 12.6. The van der Waals surface area contributed by atoms with Crippen LogP contribution >= 0.6 is 0 Å². The lowest BCUT2D eigenvalue weighted by Crippen LogP contribution is -2.13. The fourth-order valence-corrected chi connectivity index (χ4v) is 2.66. The zero-order valence-electron chi connectivity index (χ0n) is 13.6. The molecule has 130 valence electrons. The van der Waals surface area contributed by atoms with Gasteiger partial charge in [-0.2, -0.15) is 0 Å². The second-order valence-electron chi connectivity index (χ2n) is 5.73. The molecular formula is C17H14N6O3. The number of aromatic hydroxyl groups is 1. The quantitative estimate of drug-likeness (QED) is 0.424. The molecule has 0 atom stereocenters. The molecule has 2 heterocycles. The number of phenolic OH excluding ortho intramolecular Hbond substituents is 1. The van der Waals surface area contributed by atoms with Gasteiger partial charge in [-0.3, -0.25) is 9.89 Å². The first-order chi connectivity index (χ1) is 12.5. The minimum atomic E-state index is -0.388. The zero-order valence-corrected chi connectivity index (χ0v) is 13.6. The van der Waals surface area contributed by atoms with Crippen LogP contribution in [-0.4, -0.2) is 24.9 Å². The minimum absolute atomic E-state index is 0.135. The van der Waals surface area contributed by atoms with Gasteiger partial charge in [-0.1, -0.05) is 18.2 Å². The number of phenols is 1. The highest BCUT2D eigenvalue weighted by atomic mass is 16.3. The number of aromatic amines is 3. The lowest BCUT2D eigenvalue weighted by molar-refractivity contribution is 0.477. The highest BCUT2D eigenvalue weighted by Gasteiger charge is 2.12. The molecular weight excluding hydrogens is 336 g/mol. The van der Waals surface area contributed by atoms with Gasteiger partial charge in [-0.05, 0) is 25.1 Å². The van der Waals surface area contributed by atoms with Gasteiger partial charge >= 0.3 is 5.69 Å². The number of fused-ring (bicyclic) bond motifs is 1. The molecule has 0 bridgehead atoms. The van der Waals surface area contributed by atoms with Crippen molar-refractivity contribution < 1.29 is 5.11 Å². The summed E-state index contributed by atoms with van der Waals surface area (Å²) in [6.45, 7) is 1.71. The zero-order chi connectivity index (χ0) is 18.3. The highest BCUT2D eigenvalue weighted by Crippen LogP contribution is 2.31. The first-order valence-electron chi connectivity index (χ1n) is 7.77. The van der Waals surface area contributed by atoms with Crippen LogP contribution in [0.5, 0.6) is 5.75 Å². The van der Waals surface area contributed by atoms with Gasteiger partial charge in [0.1, 0.15) is 11.4 Å². The van der Waals surface area contributed by atoms with E-state index in [-0.39, 0.29) is 28.4 Å². The van der Waals surface area contributed by atoms with E-state index in [1.165, 1.54) is 16.8 Å². The van der Waals surface area contributed by atoms with E-state index in [4.69, 9.17) is 0 Å². The standard InChI is InChI=1S/C17H14N6O3/c1-9-15(16(25)23(22-9)10-5-3-2-4-6-10)21-20-13-7-11-12(8-14(13)24)19-17(26)18-11/h2-8,22,24H,1H3,(H2,18,19,26). The number of aromatic nitrogens is 4. The van der Waals surface area contributed by atoms with Crippen LogP contribution in [0.2, 0.25) is 0 Å². The molecule has 0 aliphatic carbocycles. The molecule has 0 aliphatic rings. The van der Waals surface area contributed by atoms with Gasteiger partial charge in [-0.15, -0.1) is 10.2 Å². The smallest absolute Gasteiger partial charge is 0.323 e. The summed E-state index contributed by atoms with van der Waals surface area (Å²) in [4.78, 5) is 29.0. The summed E-state index contributed by atoms with van der Waals surface area (Å²) < 4.78 is 1.37. The molecule has 0 saturated carbocycles. The fraction of sp³-hybridized carbons (Fsp3) is 0.0588. The van der Waals surface area contributed by atoms with Crippen LogP contribution in [0.15, 0.2) is 62.3 Å². The largest absolute Gasteiger partial charge is 0.506 e. The van der Waals surface area contributed by atoms with Gasteiger partial charge in [0.2, 0.25) is 0 Å². The number of hydrogen-bond donors (Lipinski definition) is 4. The van der Waals surface area contributed by atoms with Gasteiger partial charge < -0.3 is 15.1 Å². The molecule has 2 aromatic carbocycles. The van der Waals surface area contributed by atoms with Crippen LogP contribution in [0.4, 0.5) is 11.4 Å². The van der Waals surface area contributed by atoms with E-state index in [9.17, 15) is 14.7 Å². The molecule has 26 heavy (non-hydrogen) atoms. The van der Waals surface area contributed by atoms with E-state index >= 15 is 0 Å². The first kappa shape index (κ1) is 15.6. The van der Waals surface area contributed by atoms with E-state index in [1.807, 2.05) is 18.2 Å². The number of rotatable bonds is 3. The topological polar surface area (TPSA) is 131 Å². The lowest BCUT2D eigenvalue weighted by Gasteiger charge is -1.99. The van der Waals surface area contributed by atoms with E-state index < -0.39 is 0 Å². The third kappa shape index (κ3) is 2.61. The number of aryl methyl sites for hydroxylation is 1. The van der Waals surface area contributed by atoms with E-state index in [0.29, 0.717) is 22.4 Å². The molecule has 0 saturated heterocycles. The van der Waals surface area contributed by atoms with Crippen molar-refractivity contribution in [3.05, 3.63) is 69.0 Å². The van der Waals surface area contributed by atoms with Crippen molar-refractivity contribution in [2.24, 2.45) is 10.2 Å². The van der Waals surface area contributed by atoms with Crippen LogP contribution in [0.1, 0.15) is 5.69 Å². The monoisotopic (exact) mass is 350 g/mol. The molecule has 9 nitrogen and oxygen atoms in total. The Morgan fingerprint density at radius 1 is 1.00 bits per heavy atom. The molecule has 2 aromatic heterocycles. The van der Waals surface area contributed by atoms with E-state index in [0.717, 1.165) is 0 Å². The Morgan fingerprint density at radius 3 is 2.42 bits per heavy atom. The highest BCUT2D eigenvalue weighted by molar-refractivity contribution is 5.81. The summed E-state index contributed by atoms with van der Waals surface area (Å²) in [7, 11) is 0. The van der Waals surface area contributed by atoms with Crippen molar-refractivity contribution in [1.29, 1.82) is 0 Å². The second kappa shape index (κ2) is 5.88. The number of imidazole rings is 1. The van der Waals surface area contributed by atoms with Gasteiger partial charge in [0.15, 0.2) is 5.69 Å². The molecule has 9 heteroatoms. The summed E-state index contributed by atoms with van der Waals surface area (Å²) >= 11 is 0. The van der Waals surface area contributed by atoms with Crippen LogP contribution < -0.4 is 11.2 Å². The Bertz CT molecular complexity index is 1240. The van der Waals surface area contributed by atoms with Gasteiger partial charge in [0, 0.05) is 6.07 Å². The second-order valence-corrected chi connectivity index (χ2v) is 5.73. The number of azo groups is 1. The summed E-state index contributed by atoms with van der Waals surface area (Å²) in [5.41, 5.74) is 1.68. The number of H-pyrrole nitrogens is 3. The maximum atomic E-state index is 12.6. The molecule has 0 unspecified atom stereocenters. The average molecular weight is 350 g/mol. The maximum Gasteiger partial charge on any atom is 0.323 e. The minimum Gasteiger partial charge on any atom is -0.506 e. The Kier molecular flexibility index (Phi) is 3.54. The Morgan fingerprint density at radius 2 is 1.69 bits per heavy atom. The molecule has 0 spiro atoms. The molecule has 0 radical (unpaired) electrons. The average Bonchev–Trinajstić information content (AvgIpc) is 3.12. The Balaban J connectivity index is 1.76. The molecule has 0 aliphatic heterocycles. The predicted octanol–water partition coefficient (Wildman–Crippen LogP) is 2.76. The lowest BCUT2D eigenvalue weighted by atomic mass is 10.2. The summed E-state index contributed by atoms with van der Waals surface area (Å²) in [6, 6.07) is 11.9. The number of para-hydroxylation sites is 1. The molecule has 4 N–H and O–H groups in total. The molecule has 4 aromatic rings. The molecule has 0 fully saturated rings. The van der Waals surface area contributed by atoms with Gasteiger partial charge in [0.25, 0.3) is 5.56 Å². The van der Waals surface area contributed by atoms with Crippen LogP contribution in [-0.2, 0) is 0 Å². The third-order valence-corrected chi connectivity index (χ3v) is 3.92. The van der Waals surface area contributed by atoms with Crippen LogP contribution in [0, 0.1) is 6.92 Å². The number of benzene rings is 2. The summed E-state index contributed by atoms with van der Waals surface area (Å²) in [5, 5.41) is 20.9. The van der Waals surface area contributed by atoms with E-state index in [1.54, 1.807) is 19.1 Å². The van der Waals surface area contributed by atoms with Crippen molar-refractivity contribution >= 4 is 22.4 Å². The summed E-state index contributed by atoms with van der Waals surface area (Å²) in [6.07, 6.45) is 0. The predicted molar refractivity (Wildman–Crippen MR) is 95.9 cm³/mol. The SMILES string of the molecule is Cc1[nH]n(-c2ccccc2)c(=O)c1N=Nc1cc2[nH]c(=O)[nH]c2cc1O. The van der Waals surface area contributed by atoms with Crippen molar-refractivity contribution in [2.45, 2.75) is 6.92 Å². The number of hydrogen-bond acceptors (Lipinski definition) is 5. The van der Waals surface area contributed by atoms with Crippen molar-refractivity contribution in [3.63, 3.8) is 0 Å². The van der Waals surface area contributed by atoms with Crippen molar-refractivity contribution in [3.8, 4) is 11.4 Å². The Hall–Kier alpha value is -3.88.